The van der Waals surface area contributed by atoms with Crippen molar-refractivity contribution in [2.75, 3.05) is 5.32 Å². The van der Waals surface area contributed by atoms with Gasteiger partial charge in [0.1, 0.15) is 17.4 Å². The predicted molar refractivity (Wildman–Crippen MR) is 118 cm³/mol. The quantitative estimate of drug-likeness (QED) is 0.286. The van der Waals surface area contributed by atoms with Crippen LogP contribution in [0, 0.1) is 11.3 Å². The number of nitriles is 1. The van der Waals surface area contributed by atoms with Crippen LogP contribution in [-0.4, -0.2) is 15.6 Å². The standard InChI is InChI=1S/C25H19N3O2/c26-15-19(25(30)27-22-11-5-7-13-24(22)29)14-20-17-28(16-18-8-2-1-3-9-18)23-12-6-4-10-21(20)23/h1-14,17,29H,16H2,(H,27,30). The number of para-hydroxylation sites is 3. The Kier molecular flexibility index (Phi) is 5.31. The summed E-state index contributed by atoms with van der Waals surface area (Å²) >= 11 is 0. The van der Waals surface area contributed by atoms with Gasteiger partial charge in [-0.1, -0.05) is 60.7 Å². The number of phenols is 1. The number of carbonyl (C=O) groups is 1. The molecule has 0 aliphatic carbocycles. The highest BCUT2D eigenvalue weighted by Crippen LogP contribution is 2.26. The third-order valence-electron chi connectivity index (χ3n) is 4.83. The van der Waals surface area contributed by atoms with Gasteiger partial charge in [-0.05, 0) is 29.8 Å². The molecule has 0 saturated carbocycles. The molecule has 4 rings (SSSR count). The summed E-state index contributed by atoms with van der Waals surface area (Å²) in [5, 5.41) is 23.0. The maximum absolute atomic E-state index is 12.6. The van der Waals surface area contributed by atoms with Gasteiger partial charge >= 0.3 is 0 Å². The fourth-order valence-corrected chi connectivity index (χ4v) is 3.37. The zero-order valence-corrected chi connectivity index (χ0v) is 16.1. The lowest BCUT2D eigenvalue weighted by molar-refractivity contribution is -0.112. The Labute approximate surface area is 174 Å². The molecule has 0 spiro atoms. The number of anilines is 1. The lowest BCUT2D eigenvalue weighted by Gasteiger charge is -2.06. The summed E-state index contributed by atoms with van der Waals surface area (Å²) in [5.41, 5.74) is 3.18. The summed E-state index contributed by atoms with van der Waals surface area (Å²) in [4.78, 5) is 12.6. The highest BCUT2D eigenvalue weighted by Gasteiger charge is 2.14. The second-order valence-corrected chi connectivity index (χ2v) is 6.86. The maximum Gasteiger partial charge on any atom is 0.266 e. The SMILES string of the molecule is N#CC(=Cc1cn(Cc2ccccc2)c2ccccc12)C(=O)Nc1ccccc1O. The van der Waals surface area contributed by atoms with Gasteiger partial charge in [-0.3, -0.25) is 4.79 Å². The number of benzene rings is 3. The Morgan fingerprint density at radius 1 is 1.00 bits per heavy atom. The van der Waals surface area contributed by atoms with Gasteiger partial charge in [-0.25, -0.2) is 0 Å². The minimum atomic E-state index is -0.570. The normalized spacial score (nSPS) is 11.2. The topological polar surface area (TPSA) is 78.0 Å². The molecule has 5 nitrogen and oxygen atoms in total. The van der Waals surface area contributed by atoms with Gasteiger partial charge < -0.3 is 15.0 Å². The molecular weight excluding hydrogens is 374 g/mol. The molecule has 4 aromatic rings. The maximum atomic E-state index is 12.6. The lowest BCUT2D eigenvalue weighted by Crippen LogP contribution is -2.13. The van der Waals surface area contributed by atoms with Crippen molar-refractivity contribution >= 4 is 28.6 Å². The second-order valence-electron chi connectivity index (χ2n) is 6.86. The van der Waals surface area contributed by atoms with Gasteiger partial charge in [0.15, 0.2) is 0 Å². The first-order chi connectivity index (χ1) is 14.7. The molecule has 0 saturated heterocycles. The monoisotopic (exact) mass is 393 g/mol. The first-order valence-corrected chi connectivity index (χ1v) is 9.48. The summed E-state index contributed by atoms with van der Waals surface area (Å²) in [5.74, 6) is -0.624. The van der Waals surface area contributed by atoms with E-state index in [1.54, 1.807) is 24.3 Å². The van der Waals surface area contributed by atoms with Gasteiger partial charge in [0.2, 0.25) is 0 Å². The van der Waals surface area contributed by atoms with Crippen molar-refractivity contribution in [3.63, 3.8) is 0 Å². The number of hydrogen-bond donors (Lipinski definition) is 2. The van der Waals surface area contributed by atoms with Crippen LogP contribution >= 0.6 is 0 Å². The molecule has 5 heteroatoms. The number of fused-ring (bicyclic) bond motifs is 1. The zero-order valence-electron chi connectivity index (χ0n) is 16.1. The molecule has 1 heterocycles. The number of nitrogens with one attached hydrogen (secondary N) is 1. The average molecular weight is 393 g/mol. The molecule has 1 amide bonds. The van der Waals surface area contributed by atoms with E-state index in [9.17, 15) is 15.2 Å². The molecule has 0 fully saturated rings. The molecule has 1 aromatic heterocycles. The summed E-state index contributed by atoms with van der Waals surface area (Å²) < 4.78 is 2.10. The van der Waals surface area contributed by atoms with Crippen LogP contribution in [0.5, 0.6) is 5.75 Å². The number of phenolic OH excluding ortho intramolecular Hbond substituents is 1. The highest BCUT2D eigenvalue weighted by atomic mass is 16.3. The Morgan fingerprint density at radius 2 is 1.70 bits per heavy atom. The van der Waals surface area contributed by atoms with Gasteiger partial charge in [0, 0.05) is 29.2 Å². The molecule has 0 aliphatic rings. The van der Waals surface area contributed by atoms with E-state index in [0.29, 0.717) is 6.54 Å². The van der Waals surface area contributed by atoms with Crippen LogP contribution in [0.3, 0.4) is 0 Å². The number of aromatic nitrogens is 1. The summed E-state index contributed by atoms with van der Waals surface area (Å²) in [6.07, 6.45) is 3.53. The highest BCUT2D eigenvalue weighted by molar-refractivity contribution is 6.11. The molecule has 2 N–H and O–H groups in total. The van der Waals surface area contributed by atoms with E-state index in [0.717, 1.165) is 22.0 Å². The van der Waals surface area contributed by atoms with Crippen LogP contribution in [0.4, 0.5) is 5.69 Å². The van der Waals surface area contributed by atoms with Gasteiger partial charge in [0.25, 0.3) is 5.91 Å². The number of rotatable bonds is 5. The van der Waals surface area contributed by atoms with E-state index >= 15 is 0 Å². The number of amides is 1. The van der Waals surface area contributed by atoms with Crippen LogP contribution in [-0.2, 0) is 11.3 Å². The summed E-state index contributed by atoms with van der Waals surface area (Å²) in [6.45, 7) is 0.682. The molecule has 0 atom stereocenters. The molecule has 0 unspecified atom stereocenters. The van der Waals surface area contributed by atoms with Crippen molar-refractivity contribution in [3.05, 3.63) is 102 Å². The number of hydrogen-bond acceptors (Lipinski definition) is 3. The van der Waals surface area contributed by atoms with Crippen molar-refractivity contribution < 1.29 is 9.90 Å². The van der Waals surface area contributed by atoms with Crippen molar-refractivity contribution in [1.29, 1.82) is 5.26 Å². The van der Waals surface area contributed by atoms with Crippen molar-refractivity contribution in [3.8, 4) is 11.8 Å². The Balaban J connectivity index is 1.69. The van der Waals surface area contributed by atoms with Crippen molar-refractivity contribution in [2.45, 2.75) is 6.54 Å². The third-order valence-corrected chi connectivity index (χ3v) is 4.83. The van der Waals surface area contributed by atoms with Crippen LogP contribution < -0.4 is 5.32 Å². The van der Waals surface area contributed by atoms with Crippen LogP contribution in [0.2, 0.25) is 0 Å². The van der Waals surface area contributed by atoms with E-state index in [2.05, 4.69) is 22.0 Å². The van der Waals surface area contributed by atoms with Crippen LogP contribution in [0.1, 0.15) is 11.1 Å². The second kappa shape index (κ2) is 8.38. The third kappa shape index (κ3) is 3.94. The average Bonchev–Trinajstić information content (AvgIpc) is 3.11. The van der Waals surface area contributed by atoms with E-state index < -0.39 is 5.91 Å². The molecule has 30 heavy (non-hydrogen) atoms. The van der Waals surface area contributed by atoms with Crippen LogP contribution in [0.25, 0.3) is 17.0 Å². The van der Waals surface area contributed by atoms with Gasteiger partial charge in [-0.15, -0.1) is 0 Å². The minimum Gasteiger partial charge on any atom is -0.506 e. The smallest absolute Gasteiger partial charge is 0.266 e. The fourth-order valence-electron chi connectivity index (χ4n) is 3.37. The first-order valence-electron chi connectivity index (χ1n) is 9.48. The van der Waals surface area contributed by atoms with Gasteiger partial charge in [-0.2, -0.15) is 5.26 Å². The Morgan fingerprint density at radius 3 is 2.47 bits per heavy atom. The van der Waals surface area contributed by atoms with E-state index in [1.807, 2.05) is 54.7 Å². The fraction of sp³-hybridized carbons (Fsp3) is 0.0400. The first kappa shape index (κ1) is 19.0. The molecule has 3 aromatic carbocycles. The van der Waals surface area contributed by atoms with Crippen molar-refractivity contribution in [2.24, 2.45) is 0 Å². The molecule has 146 valence electrons. The Hall–Kier alpha value is -4.30. The van der Waals surface area contributed by atoms with E-state index in [-0.39, 0.29) is 17.0 Å². The molecule has 0 aliphatic heterocycles. The van der Waals surface area contributed by atoms with Crippen LogP contribution in [0.15, 0.2) is 90.6 Å². The number of carbonyl (C=O) groups excluding carboxylic acids is 1. The van der Waals surface area contributed by atoms with Crippen molar-refractivity contribution in [1.82, 2.24) is 4.57 Å². The van der Waals surface area contributed by atoms with E-state index in [1.165, 1.54) is 6.07 Å². The zero-order chi connectivity index (χ0) is 20.9. The van der Waals surface area contributed by atoms with E-state index in [4.69, 9.17) is 0 Å². The largest absolute Gasteiger partial charge is 0.506 e. The minimum absolute atomic E-state index is 0.0409. The molecular formula is C25H19N3O2. The number of aromatic hydroxyl groups is 1. The lowest BCUT2D eigenvalue weighted by atomic mass is 10.1. The Bertz CT molecular complexity index is 1280. The predicted octanol–water partition coefficient (Wildman–Crippen LogP) is 4.94. The molecule has 0 bridgehead atoms. The van der Waals surface area contributed by atoms with Gasteiger partial charge in [0.05, 0.1) is 5.69 Å². The number of nitrogens with zero attached hydrogens (tertiary/aromatic N) is 2. The molecule has 0 radical (unpaired) electrons. The summed E-state index contributed by atoms with van der Waals surface area (Å²) in [6, 6.07) is 26.4. The summed E-state index contributed by atoms with van der Waals surface area (Å²) in [7, 11) is 0.